The second-order valence-electron chi connectivity index (χ2n) is 6.25. The van der Waals surface area contributed by atoms with E-state index in [4.69, 9.17) is 4.74 Å². The number of ether oxygens (including phenoxy) is 1. The van der Waals surface area contributed by atoms with Crippen LogP contribution in [-0.4, -0.2) is 40.4 Å². The van der Waals surface area contributed by atoms with Crippen LogP contribution in [0.15, 0.2) is 47.4 Å². The number of carbonyl (C=O) groups is 2. The van der Waals surface area contributed by atoms with Crippen LogP contribution in [0.1, 0.15) is 18.5 Å². The molecule has 30 heavy (non-hydrogen) atoms. The van der Waals surface area contributed by atoms with Crippen molar-refractivity contribution in [1.82, 2.24) is 15.4 Å². The average Bonchev–Trinajstić information content (AvgIpc) is 2.73. The molecule has 3 N–H and O–H groups in total. The number of hydrogen-bond acceptors (Lipinski definition) is 5. The number of hydrogen-bond donors (Lipinski definition) is 3. The summed E-state index contributed by atoms with van der Waals surface area (Å²) in [5.74, 6) is -3.38. The lowest BCUT2D eigenvalue weighted by molar-refractivity contribution is -0.129. The number of nitrogens with one attached hydrogen (secondary N) is 3. The predicted octanol–water partition coefficient (Wildman–Crippen LogP) is 1.24. The normalized spacial score (nSPS) is 13.2. The Hall–Kier alpha value is -3.05. The summed E-state index contributed by atoms with van der Waals surface area (Å²) < 4.78 is 58.8. The van der Waals surface area contributed by atoms with Crippen molar-refractivity contribution in [3.8, 4) is 5.75 Å². The molecule has 0 aromatic heterocycles. The van der Waals surface area contributed by atoms with E-state index < -0.39 is 45.6 Å². The maximum atomic E-state index is 13.5. The summed E-state index contributed by atoms with van der Waals surface area (Å²) in [6.07, 6.45) is 0. The van der Waals surface area contributed by atoms with Crippen molar-refractivity contribution in [1.29, 1.82) is 0 Å². The van der Waals surface area contributed by atoms with E-state index in [9.17, 15) is 26.8 Å². The van der Waals surface area contributed by atoms with Crippen molar-refractivity contribution in [2.24, 2.45) is 0 Å². The number of methoxy groups -OCH3 is 1. The number of likely N-dealkylation sites (N-methyl/N-ethyl adjacent to an activating group) is 1. The third-order valence-electron chi connectivity index (χ3n) is 4.17. The first-order valence-electron chi connectivity index (χ1n) is 8.72. The highest BCUT2D eigenvalue weighted by atomic mass is 32.2. The summed E-state index contributed by atoms with van der Waals surface area (Å²) in [5.41, 5.74) is -0.00758. The molecule has 8 nitrogen and oxygen atoms in total. The topological polar surface area (TPSA) is 114 Å². The van der Waals surface area contributed by atoms with Gasteiger partial charge in [0.25, 0.3) is 0 Å². The lowest BCUT2D eigenvalue weighted by Gasteiger charge is -2.21. The summed E-state index contributed by atoms with van der Waals surface area (Å²) in [6, 6.07) is 5.63. The van der Waals surface area contributed by atoms with Gasteiger partial charge < -0.3 is 15.4 Å². The summed E-state index contributed by atoms with van der Waals surface area (Å²) in [4.78, 5) is 24.6. The molecule has 2 aromatic rings. The van der Waals surface area contributed by atoms with Crippen molar-refractivity contribution in [3.05, 3.63) is 59.7 Å². The summed E-state index contributed by atoms with van der Waals surface area (Å²) >= 11 is 0. The number of halogens is 2. The van der Waals surface area contributed by atoms with Crippen molar-refractivity contribution >= 4 is 21.8 Å². The van der Waals surface area contributed by atoms with Crippen LogP contribution in [0.5, 0.6) is 5.75 Å². The van der Waals surface area contributed by atoms with Gasteiger partial charge in [-0.25, -0.2) is 17.2 Å². The summed E-state index contributed by atoms with van der Waals surface area (Å²) in [7, 11) is -1.31. The fraction of sp³-hybridized carbons (Fsp3) is 0.263. The van der Waals surface area contributed by atoms with Gasteiger partial charge in [0.15, 0.2) is 11.6 Å². The van der Waals surface area contributed by atoms with Crippen molar-refractivity contribution in [2.75, 3.05) is 14.2 Å². The second-order valence-corrected chi connectivity index (χ2v) is 7.96. The van der Waals surface area contributed by atoms with E-state index in [-0.39, 0.29) is 10.5 Å². The maximum Gasteiger partial charge on any atom is 0.246 e. The van der Waals surface area contributed by atoms with E-state index in [0.717, 1.165) is 18.2 Å². The smallest absolute Gasteiger partial charge is 0.246 e. The zero-order valence-electron chi connectivity index (χ0n) is 16.4. The van der Waals surface area contributed by atoms with E-state index in [0.29, 0.717) is 5.75 Å². The number of sulfonamides is 1. The SMILES string of the molecule is CNC(=O)C(NC(=O)[C@H](C)NS(=O)(=O)c1ccc(OC)cc1)c1ccc(F)c(F)c1. The minimum absolute atomic E-state index is 0.00758. The molecule has 0 aliphatic heterocycles. The lowest BCUT2D eigenvalue weighted by Crippen LogP contribution is -2.48. The molecule has 2 rings (SSSR count). The molecule has 0 heterocycles. The Balaban J connectivity index is 2.17. The Kier molecular flexibility index (Phi) is 7.46. The Morgan fingerprint density at radius 3 is 2.17 bits per heavy atom. The Labute approximate surface area is 172 Å². The highest BCUT2D eigenvalue weighted by Crippen LogP contribution is 2.18. The van der Waals surface area contributed by atoms with Gasteiger partial charge in [0.1, 0.15) is 11.8 Å². The molecule has 1 unspecified atom stereocenters. The molecule has 2 atom stereocenters. The number of carbonyl (C=O) groups excluding carboxylic acids is 2. The van der Waals surface area contributed by atoms with Gasteiger partial charge in [-0.1, -0.05) is 6.07 Å². The van der Waals surface area contributed by atoms with Crippen molar-refractivity contribution < 1.29 is 31.5 Å². The Bertz CT molecular complexity index is 1030. The monoisotopic (exact) mass is 441 g/mol. The van der Waals surface area contributed by atoms with E-state index in [2.05, 4.69) is 15.4 Å². The average molecular weight is 441 g/mol. The van der Waals surface area contributed by atoms with Crippen LogP contribution in [0.4, 0.5) is 8.78 Å². The first-order valence-corrected chi connectivity index (χ1v) is 10.2. The van der Waals surface area contributed by atoms with E-state index in [1.54, 1.807) is 0 Å². The van der Waals surface area contributed by atoms with Crippen LogP contribution >= 0.6 is 0 Å². The summed E-state index contributed by atoms with van der Waals surface area (Å²) in [5, 5.41) is 4.64. The van der Waals surface area contributed by atoms with Gasteiger partial charge in [-0.15, -0.1) is 0 Å². The molecular weight excluding hydrogens is 420 g/mol. The van der Waals surface area contributed by atoms with Crippen LogP contribution in [0, 0.1) is 11.6 Å². The first-order chi connectivity index (χ1) is 14.1. The van der Waals surface area contributed by atoms with Gasteiger partial charge in [-0.3, -0.25) is 9.59 Å². The van der Waals surface area contributed by atoms with E-state index in [1.165, 1.54) is 45.3 Å². The van der Waals surface area contributed by atoms with Gasteiger partial charge in [-0.2, -0.15) is 4.72 Å². The Morgan fingerprint density at radius 2 is 1.63 bits per heavy atom. The van der Waals surface area contributed by atoms with Gasteiger partial charge in [0.2, 0.25) is 21.8 Å². The minimum Gasteiger partial charge on any atom is -0.497 e. The van der Waals surface area contributed by atoms with E-state index in [1.807, 2.05) is 0 Å². The number of rotatable bonds is 8. The first kappa shape index (κ1) is 23.2. The van der Waals surface area contributed by atoms with Crippen LogP contribution < -0.4 is 20.1 Å². The second kappa shape index (κ2) is 9.63. The Morgan fingerprint density at radius 1 is 1.00 bits per heavy atom. The minimum atomic E-state index is -4.04. The van der Waals surface area contributed by atoms with Crippen molar-refractivity contribution in [2.45, 2.75) is 23.9 Å². The molecule has 0 spiro atoms. The molecule has 0 saturated heterocycles. The third kappa shape index (κ3) is 5.51. The maximum absolute atomic E-state index is 13.5. The van der Waals surface area contributed by atoms with Crippen LogP contribution in [0.2, 0.25) is 0 Å². The number of benzene rings is 2. The predicted molar refractivity (Wildman–Crippen MR) is 104 cm³/mol. The molecule has 0 aliphatic carbocycles. The fourth-order valence-corrected chi connectivity index (χ4v) is 3.72. The van der Waals surface area contributed by atoms with Gasteiger partial charge in [-0.05, 0) is 48.9 Å². The molecule has 0 bridgehead atoms. The fourth-order valence-electron chi connectivity index (χ4n) is 2.51. The van der Waals surface area contributed by atoms with Gasteiger partial charge in [0, 0.05) is 7.05 Å². The molecular formula is C19H21F2N3O5S. The van der Waals surface area contributed by atoms with Gasteiger partial charge >= 0.3 is 0 Å². The van der Waals surface area contributed by atoms with Crippen LogP contribution in [-0.2, 0) is 19.6 Å². The zero-order valence-corrected chi connectivity index (χ0v) is 17.2. The molecule has 0 radical (unpaired) electrons. The van der Waals surface area contributed by atoms with Crippen LogP contribution in [0.25, 0.3) is 0 Å². The lowest BCUT2D eigenvalue weighted by atomic mass is 10.1. The molecule has 2 amide bonds. The third-order valence-corrected chi connectivity index (χ3v) is 5.72. The van der Waals surface area contributed by atoms with Crippen molar-refractivity contribution in [3.63, 3.8) is 0 Å². The largest absolute Gasteiger partial charge is 0.497 e. The standard InChI is InChI=1S/C19H21F2N3O5S/c1-11(24-30(27,28)14-7-5-13(29-3)6-8-14)18(25)23-17(19(26)22-2)12-4-9-15(20)16(21)10-12/h4-11,17,24H,1-3H3,(H,22,26)(H,23,25)/t11-,17?/m0/s1. The summed E-state index contributed by atoms with van der Waals surface area (Å²) in [6.45, 7) is 1.28. The molecule has 0 aliphatic rings. The highest BCUT2D eigenvalue weighted by molar-refractivity contribution is 7.89. The zero-order chi connectivity index (χ0) is 22.5. The molecule has 0 saturated carbocycles. The molecule has 11 heteroatoms. The van der Waals surface area contributed by atoms with E-state index >= 15 is 0 Å². The number of amides is 2. The van der Waals surface area contributed by atoms with Gasteiger partial charge in [0.05, 0.1) is 18.0 Å². The molecule has 0 fully saturated rings. The molecule has 2 aromatic carbocycles. The quantitative estimate of drug-likeness (QED) is 0.571. The molecule has 162 valence electrons. The van der Waals surface area contributed by atoms with Crippen LogP contribution in [0.3, 0.4) is 0 Å². The highest BCUT2D eigenvalue weighted by Gasteiger charge is 2.28.